The summed E-state index contributed by atoms with van der Waals surface area (Å²) in [7, 11) is 0. The highest BCUT2D eigenvalue weighted by Crippen LogP contribution is 2.28. The molecule has 3 unspecified atom stereocenters. The molecule has 0 spiro atoms. The summed E-state index contributed by atoms with van der Waals surface area (Å²) in [4.78, 5) is 16.3. The molecule has 1 aromatic rings. The molecular weight excluding hydrogens is 246 g/mol. The third kappa shape index (κ3) is 3.09. The molecule has 0 aliphatic heterocycles. The summed E-state index contributed by atoms with van der Waals surface area (Å²) in [5.41, 5.74) is 6.01. The van der Waals surface area contributed by atoms with Gasteiger partial charge in [-0.3, -0.25) is 4.79 Å². The van der Waals surface area contributed by atoms with E-state index in [1.54, 1.807) is 5.38 Å². The smallest absolute Gasteiger partial charge is 0.270 e. The van der Waals surface area contributed by atoms with Crippen molar-refractivity contribution in [3.05, 3.63) is 16.1 Å². The molecule has 1 fully saturated rings. The van der Waals surface area contributed by atoms with Gasteiger partial charge in [-0.15, -0.1) is 11.3 Å². The Morgan fingerprint density at radius 3 is 2.94 bits per heavy atom. The zero-order valence-corrected chi connectivity index (χ0v) is 11.8. The molecule has 1 aliphatic rings. The second kappa shape index (κ2) is 5.80. The molecule has 0 bridgehead atoms. The molecular formula is C13H21N3OS. The number of nitrogens with zero attached hydrogens (tertiary/aromatic N) is 1. The Labute approximate surface area is 112 Å². The largest absolute Gasteiger partial charge is 0.348 e. The van der Waals surface area contributed by atoms with E-state index in [0.717, 1.165) is 17.3 Å². The van der Waals surface area contributed by atoms with Gasteiger partial charge in [0.15, 0.2) is 0 Å². The lowest BCUT2D eigenvalue weighted by Crippen LogP contribution is -2.42. The summed E-state index contributed by atoms with van der Waals surface area (Å²) in [6.45, 7) is 4.89. The topological polar surface area (TPSA) is 68.0 Å². The van der Waals surface area contributed by atoms with E-state index in [0.29, 0.717) is 18.2 Å². The molecule has 1 aromatic heterocycles. The molecule has 1 amide bonds. The minimum atomic E-state index is -0.0580. The molecule has 0 aromatic carbocycles. The van der Waals surface area contributed by atoms with Crippen molar-refractivity contribution in [2.45, 2.75) is 45.7 Å². The Morgan fingerprint density at radius 2 is 2.33 bits per heavy atom. The van der Waals surface area contributed by atoms with Crippen LogP contribution in [0.5, 0.6) is 0 Å². The monoisotopic (exact) mass is 267 g/mol. The van der Waals surface area contributed by atoms with Crippen LogP contribution < -0.4 is 11.1 Å². The van der Waals surface area contributed by atoms with E-state index in [2.05, 4.69) is 24.1 Å². The Morgan fingerprint density at radius 1 is 1.56 bits per heavy atom. The van der Waals surface area contributed by atoms with Crippen molar-refractivity contribution in [3.8, 4) is 0 Å². The minimum absolute atomic E-state index is 0.0580. The third-order valence-electron chi connectivity index (χ3n) is 3.71. The van der Waals surface area contributed by atoms with Crippen LogP contribution in [-0.4, -0.2) is 16.9 Å². The molecule has 2 rings (SSSR count). The van der Waals surface area contributed by atoms with Gasteiger partial charge in [-0.25, -0.2) is 4.98 Å². The van der Waals surface area contributed by atoms with Crippen LogP contribution in [0.25, 0.3) is 0 Å². The highest BCUT2D eigenvalue weighted by atomic mass is 32.1. The highest BCUT2D eigenvalue weighted by molar-refractivity contribution is 7.09. The number of nitrogens with one attached hydrogen (secondary N) is 1. The number of amides is 1. The average molecular weight is 267 g/mol. The molecule has 100 valence electrons. The van der Waals surface area contributed by atoms with Crippen LogP contribution in [0.2, 0.25) is 0 Å². The number of rotatable bonds is 3. The molecule has 0 saturated heterocycles. The number of thiazole rings is 1. The van der Waals surface area contributed by atoms with Crippen LogP contribution in [0, 0.1) is 11.8 Å². The van der Waals surface area contributed by atoms with Gasteiger partial charge in [0.1, 0.15) is 10.7 Å². The van der Waals surface area contributed by atoms with E-state index in [-0.39, 0.29) is 11.9 Å². The molecule has 1 heterocycles. The zero-order valence-electron chi connectivity index (χ0n) is 11.0. The summed E-state index contributed by atoms with van der Waals surface area (Å²) in [6.07, 6.45) is 3.46. The van der Waals surface area contributed by atoms with Gasteiger partial charge in [-0.1, -0.05) is 13.8 Å². The van der Waals surface area contributed by atoms with Crippen molar-refractivity contribution in [3.63, 3.8) is 0 Å². The average Bonchev–Trinajstić information content (AvgIpc) is 2.81. The standard InChI is InChI=1S/C13H21N3OS/c1-8-3-4-10(9(2)5-8)16-13(17)11-7-18-12(6-14)15-11/h7-10H,3-6,14H2,1-2H3,(H,16,17). The fourth-order valence-corrected chi connectivity index (χ4v) is 3.29. The molecule has 0 radical (unpaired) electrons. The summed E-state index contributed by atoms with van der Waals surface area (Å²) >= 11 is 1.44. The zero-order chi connectivity index (χ0) is 13.1. The minimum Gasteiger partial charge on any atom is -0.348 e. The first-order chi connectivity index (χ1) is 8.60. The van der Waals surface area contributed by atoms with Gasteiger partial charge >= 0.3 is 0 Å². The van der Waals surface area contributed by atoms with Gasteiger partial charge < -0.3 is 11.1 Å². The number of carbonyl (C=O) groups is 1. The molecule has 18 heavy (non-hydrogen) atoms. The number of hydrogen-bond donors (Lipinski definition) is 2. The molecule has 3 N–H and O–H groups in total. The number of aromatic nitrogens is 1. The maximum atomic E-state index is 12.1. The van der Waals surface area contributed by atoms with Crippen LogP contribution in [0.3, 0.4) is 0 Å². The Kier molecular flexibility index (Phi) is 4.35. The van der Waals surface area contributed by atoms with E-state index in [9.17, 15) is 4.79 Å². The van der Waals surface area contributed by atoms with Crippen LogP contribution in [0.15, 0.2) is 5.38 Å². The van der Waals surface area contributed by atoms with Gasteiger partial charge in [0.05, 0.1) is 0 Å². The predicted octanol–water partition coefficient (Wildman–Crippen LogP) is 2.16. The molecule has 5 heteroatoms. The summed E-state index contributed by atoms with van der Waals surface area (Å²) in [5.74, 6) is 1.26. The molecule has 1 aliphatic carbocycles. The summed E-state index contributed by atoms with van der Waals surface area (Å²) in [5, 5.41) is 5.70. The normalized spacial score (nSPS) is 28.1. The second-order valence-corrected chi connectivity index (χ2v) is 6.25. The lowest BCUT2D eigenvalue weighted by atomic mass is 9.80. The van der Waals surface area contributed by atoms with Crippen LogP contribution >= 0.6 is 11.3 Å². The van der Waals surface area contributed by atoms with E-state index in [4.69, 9.17) is 5.73 Å². The van der Waals surface area contributed by atoms with Crippen molar-refractivity contribution in [1.29, 1.82) is 0 Å². The molecule has 4 nitrogen and oxygen atoms in total. The Hall–Kier alpha value is -0.940. The van der Waals surface area contributed by atoms with Crippen LogP contribution in [0.1, 0.15) is 48.6 Å². The fraction of sp³-hybridized carbons (Fsp3) is 0.692. The van der Waals surface area contributed by atoms with Crippen molar-refractivity contribution in [2.75, 3.05) is 0 Å². The van der Waals surface area contributed by atoms with E-state index < -0.39 is 0 Å². The van der Waals surface area contributed by atoms with E-state index in [1.807, 2.05) is 0 Å². The summed E-state index contributed by atoms with van der Waals surface area (Å²) < 4.78 is 0. The first-order valence-electron chi connectivity index (χ1n) is 6.55. The predicted molar refractivity (Wildman–Crippen MR) is 73.4 cm³/mol. The maximum Gasteiger partial charge on any atom is 0.270 e. The number of nitrogens with two attached hydrogens (primary N) is 1. The molecule has 1 saturated carbocycles. The lowest BCUT2D eigenvalue weighted by molar-refractivity contribution is 0.0895. The maximum absolute atomic E-state index is 12.1. The third-order valence-corrected chi connectivity index (χ3v) is 4.58. The lowest BCUT2D eigenvalue weighted by Gasteiger charge is -2.32. The second-order valence-electron chi connectivity index (χ2n) is 5.31. The number of hydrogen-bond acceptors (Lipinski definition) is 4. The van der Waals surface area contributed by atoms with Gasteiger partial charge in [-0.2, -0.15) is 0 Å². The van der Waals surface area contributed by atoms with E-state index in [1.165, 1.54) is 24.2 Å². The summed E-state index contributed by atoms with van der Waals surface area (Å²) in [6, 6.07) is 0.289. The Bertz CT molecular complexity index is 418. The first-order valence-corrected chi connectivity index (χ1v) is 7.43. The van der Waals surface area contributed by atoms with Crippen LogP contribution in [0.4, 0.5) is 0 Å². The van der Waals surface area contributed by atoms with Crippen LogP contribution in [-0.2, 0) is 6.54 Å². The van der Waals surface area contributed by atoms with Crippen molar-refractivity contribution >= 4 is 17.2 Å². The van der Waals surface area contributed by atoms with Gasteiger partial charge in [0.25, 0.3) is 5.91 Å². The SMILES string of the molecule is CC1CCC(NC(=O)c2csc(CN)n2)C(C)C1. The van der Waals surface area contributed by atoms with Gasteiger partial charge in [0, 0.05) is 18.0 Å². The first kappa shape index (κ1) is 13.5. The van der Waals surface area contributed by atoms with E-state index >= 15 is 0 Å². The van der Waals surface area contributed by atoms with Gasteiger partial charge in [-0.05, 0) is 31.1 Å². The highest BCUT2D eigenvalue weighted by Gasteiger charge is 2.27. The fourth-order valence-electron chi connectivity index (χ4n) is 2.63. The number of carbonyl (C=O) groups excluding carboxylic acids is 1. The van der Waals surface area contributed by atoms with Gasteiger partial charge in [0.2, 0.25) is 0 Å². The van der Waals surface area contributed by atoms with Crippen molar-refractivity contribution < 1.29 is 4.79 Å². The molecule has 3 atom stereocenters. The van der Waals surface area contributed by atoms with Crippen molar-refractivity contribution in [1.82, 2.24) is 10.3 Å². The van der Waals surface area contributed by atoms with Crippen molar-refractivity contribution in [2.24, 2.45) is 17.6 Å². The Balaban J connectivity index is 1.94. The quantitative estimate of drug-likeness (QED) is 0.881.